The molecule has 0 unspecified atom stereocenters. The lowest BCUT2D eigenvalue weighted by Crippen LogP contribution is -2.17. The second kappa shape index (κ2) is 7.91. The van der Waals surface area contributed by atoms with Crippen LogP contribution in [0.3, 0.4) is 0 Å². The van der Waals surface area contributed by atoms with Crippen LogP contribution in [0.4, 0.5) is 0 Å². The highest BCUT2D eigenvalue weighted by Gasteiger charge is 2.23. The van der Waals surface area contributed by atoms with E-state index in [1.54, 1.807) is 13.2 Å². The number of thioether (sulfide) groups is 1. The Hall–Kier alpha value is -2.02. The Balaban J connectivity index is 1.89. The van der Waals surface area contributed by atoms with Crippen molar-refractivity contribution in [2.75, 3.05) is 7.11 Å². The molecule has 25 heavy (non-hydrogen) atoms. The van der Waals surface area contributed by atoms with Crippen molar-refractivity contribution < 1.29 is 14.3 Å². The van der Waals surface area contributed by atoms with Gasteiger partial charge in [-0.25, -0.2) is 0 Å². The third-order valence-corrected chi connectivity index (χ3v) is 4.87. The minimum atomic E-state index is -0.207. The fraction of sp³-hybridized carbons (Fsp3) is 0.111. The topological polar surface area (TPSA) is 47.6 Å². The first kappa shape index (κ1) is 17.8. The largest absolute Gasteiger partial charge is 0.493 e. The van der Waals surface area contributed by atoms with E-state index in [9.17, 15) is 4.79 Å². The molecule has 1 N–H and O–H groups in total. The Morgan fingerprint density at radius 2 is 2.00 bits per heavy atom. The lowest BCUT2D eigenvalue weighted by Gasteiger charge is -2.14. The van der Waals surface area contributed by atoms with Crippen LogP contribution in [-0.4, -0.2) is 17.3 Å². The molecule has 0 radical (unpaired) electrons. The molecule has 1 saturated heterocycles. The Morgan fingerprint density at radius 3 is 2.64 bits per heavy atom. The van der Waals surface area contributed by atoms with E-state index >= 15 is 0 Å². The monoisotopic (exact) mass is 391 g/mol. The van der Waals surface area contributed by atoms with Crippen molar-refractivity contribution >= 4 is 51.9 Å². The van der Waals surface area contributed by atoms with E-state index in [1.807, 2.05) is 42.5 Å². The molecule has 0 aliphatic carbocycles. The van der Waals surface area contributed by atoms with E-state index in [4.69, 9.17) is 33.3 Å². The van der Waals surface area contributed by atoms with Gasteiger partial charge in [-0.15, -0.1) is 0 Å². The minimum absolute atomic E-state index is 0.207. The normalized spacial score (nSPS) is 15.4. The zero-order chi connectivity index (χ0) is 17.8. The fourth-order valence-electron chi connectivity index (χ4n) is 2.26. The van der Waals surface area contributed by atoms with E-state index in [2.05, 4.69) is 5.32 Å². The predicted octanol–water partition coefficient (Wildman–Crippen LogP) is 4.42. The first-order valence-electron chi connectivity index (χ1n) is 7.36. The van der Waals surface area contributed by atoms with Crippen LogP contribution in [0.15, 0.2) is 47.4 Å². The number of ether oxygens (including phenoxy) is 2. The number of para-hydroxylation sites is 1. The predicted molar refractivity (Wildman–Crippen MR) is 105 cm³/mol. The third kappa shape index (κ3) is 4.34. The van der Waals surface area contributed by atoms with Gasteiger partial charge in [0.1, 0.15) is 10.9 Å². The van der Waals surface area contributed by atoms with E-state index in [0.29, 0.717) is 32.4 Å². The number of rotatable bonds is 5. The molecular formula is C18H14ClNO3S2. The highest BCUT2D eigenvalue weighted by molar-refractivity contribution is 8.26. The van der Waals surface area contributed by atoms with Gasteiger partial charge in [-0.1, -0.05) is 59.8 Å². The SMILES string of the molecule is COc1cccc(/C=C2/SC(=S)NC2=O)c1OCc1ccc(Cl)cc1. The smallest absolute Gasteiger partial charge is 0.263 e. The summed E-state index contributed by atoms with van der Waals surface area (Å²) in [6, 6.07) is 12.9. The Bertz CT molecular complexity index is 850. The number of carbonyl (C=O) groups excluding carboxylic acids is 1. The number of methoxy groups -OCH3 is 1. The Kier molecular flexibility index (Phi) is 5.63. The second-order valence-electron chi connectivity index (χ2n) is 5.15. The molecule has 0 aromatic heterocycles. The third-order valence-electron chi connectivity index (χ3n) is 3.45. The van der Waals surface area contributed by atoms with Crippen LogP contribution in [0.5, 0.6) is 11.5 Å². The summed E-state index contributed by atoms with van der Waals surface area (Å²) in [5.41, 5.74) is 1.72. The fourth-order valence-corrected chi connectivity index (χ4v) is 3.42. The average molecular weight is 392 g/mol. The van der Waals surface area contributed by atoms with Gasteiger partial charge in [0.15, 0.2) is 11.5 Å². The van der Waals surface area contributed by atoms with Crippen LogP contribution in [-0.2, 0) is 11.4 Å². The maximum Gasteiger partial charge on any atom is 0.263 e. The lowest BCUT2D eigenvalue weighted by molar-refractivity contribution is -0.115. The number of nitrogens with one attached hydrogen (secondary N) is 1. The number of hydrogen-bond donors (Lipinski definition) is 1. The molecule has 0 atom stereocenters. The summed E-state index contributed by atoms with van der Waals surface area (Å²) in [4.78, 5) is 12.4. The zero-order valence-corrected chi connectivity index (χ0v) is 15.6. The maximum atomic E-state index is 11.9. The van der Waals surface area contributed by atoms with Crippen molar-refractivity contribution in [2.24, 2.45) is 0 Å². The molecule has 1 fully saturated rings. The summed E-state index contributed by atoms with van der Waals surface area (Å²) in [7, 11) is 1.58. The van der Waals surface area contributed by atoms with Crippen molar-refractivity contribution in [3.05, 3.63) is 63.5 Å². The van der Waals surface area contributed by atoms with Gasteiger partial charge in [-0.3, -0.25) is 4.79 Å². The molecule has 4 nitrogen and oxygen atoms in total. The zero-order valence-electron chi connectivity index (χ0n) is 13.2. The van der Waals surface area contributed by atoms with Crippen molar-refractivity contribution in [1.29, 1.82) is 0 Å². The van der Waals surface area contributed by atoms with Crippen LogP contribution in [0.2, 0.25) is 5.02 Å². The number of carbonyl (C=O) groups is 1. The molecule has 3 rings (SSSR count). The first-order chi connectivity index (χ1) is 12.1. The molecule has 0 saturated carbocycles. The average Bonchev–Trinajstić information content (AvgIpc) is 2.92. The summed E-state index contributed by atoms with van der Waals surface area (Å²) < 4.78 is 11.8. The molecular weight excluding hydrogens is 378 g/mol. The van der Waals surface area contributed by atoms with Gasteiger partial charge in [0.25, 0.3) is 5.91 Å². The standard InChI is InChI=1S/C18H14ClNO3S2/c1-22-14-4-2-3-12(9-15-17(21)20-18(24)25-15)16(14)23-10-11-5-7-13(19)8-6-11/h2-9H,10H2,1H3,(H,20,21,24)/b15-9+. The van der Waals surface area contributed by atoms with Crippen molar-refractivity contribution in [1.82, 2.24) is 5.32 Å². The van der Waals surface area contributed by atoms with Gasteiger partial charge in [0.05, 0.1) is 12.0 Å². The van der Waals surface area contributed by atoms with E-state index in [1.165, 1.54) is 11.8 Å². The summed E-state index contributed by atoms with van der Waals surface area (Å²) in [6.07, 6.45) is 1.75. The van der Waals surface area contributed by atoms with Crippen LogP contribution >= 0.6 is 35.6 Å². The molecule has 1 aliphatic rings. The molecule has 1 amide bonds. The highest BCUT2D eigenvalue weighted by atomic mass is 35.5. The van der Waals surface area contributed by atoms with Crippen LogP contribution in [0, 0.1) is 0 Å². The van der Waals surface area contributed by atoms with Crippen LogP contribution in [0.1, 0.15) is 11.1 Å². The van der Waals surface area contributed by atoms with E-state index < -0.39 is 0 Å². The van der Waals surface area contributed by atoms with Crippen LogP contribution in [0.25, 0.3) is 6.08 Å². The molecule has 0 bridgehead atoms. The summed E-state index contributed by atoms with van der Waals surface area (Å²) >= 11 is 12.2. The van der Waals surface area contributed by atoms with E-state index in [0.717, 1.165) is 11.1 Å². The molecule has 2 aromatic rings. The van der Waals surface area contributed by atoms with Crippen molar-refractivity contribution in [3.8, 4) is 11.5 Å². The van der Waals surface area contributed by atoms with Gasteiger partial charge >= 0.3 is 0 Å². The van der Waals surface area contributed by atoms with Gasteiger partial charge in [0.2, 0.25) is 0 Å². The number of hydrogen-bond acceptors (Lipinski definition) is 5. The number of halogens is 1. The molecule has 0 spiro atoms. The van der Waals surface area contributed by atoms with Crippen LogP contribution < -0.4 is 14.8 Å². The highest BCUT2D eigenvalue weighted by Crippen LogP contribution is 2.35. The summed E-state index contributed by atoms with van der Waals surface area (Å²) in [5.74, 6) is 0.953. The van der Waals surface area contributed by atoms with E-state index in [-0.39, 0.29) is 5.91 Å². The second-order valence-corrected chi connectivity index (χ2v) is 7.30. The maximum absolute atomic E-state index is 11.9. The molecule has 7 heteroatoms. The first-order valence-corrected chi connectivity index (χ1v) is 8.96. The number of benzene rings is 2. The van der Waals surface area contributed by atoms with Crippen molar-refractivity contribution in [3.63, 3.8) is 0 Å². The summed E-state index contributed by atoms with van der Waals surface area (Å²) in [6.45, 7) is 0.353. The summed E-state index contributed by atoms with van der Waals surface area (Å²) in [5, 5.41) is 3.27. The number of thiocarbonyl (C=S) groups is 1. The molecule has 2 aromatic carbocycles. The van der Waals surface area contributed by atoms with Crippen molar-refractivity contribution in [2.45, 2.75) is 6.61 Å². The minimum Gasteiger partial charge on any atom is -0.493 e. The molecule has 128 valence electrons. The van der Waals surface area contributed by atoms with Gasteiger partial charge in [-0.05, 0) is 29.8 Å². The van der Waals surface area contributed by atoms with Gasteiger partial charge in [-0.2, -0.15) is 0 Å². The van der Waals surface area contributed by atoms with Gasteiger partial charge in [0, 0.05) is 10.6 Å². The molecule has 1 heterocycles. The Labute approximate surface area is 160 Å². The molecule has 1 aliphatic heterocycles. The quantitative estimate of drug-likeness (QED) is 0.604. The lowest BCUT2D eigenvalue weighted by atomic mass is 10.1. The Morgan fingerprint density at radius 1 is 1.24 bits per heavy atom. The van der Waals surface area contributed by atoms with Gasteiger partial charge < -0.3 is 14.8 Å². The number of amides is 1.